The number of benzene rings is 2. The molecular weight excluding hydrogens is 404 g/mol. The Morgan fingerprint density at radius 1 is 0.933 bits per heavy atom. The molecule has 154 valence electrons. The number of amides is 2. The normalized spacial score (nSPS) is 11.0. The van der Waals surface area contributed by atoms with Crippen molar-refractivity contribution in [3.63, 3.8) is 0 Å². The van der Waals surface area contributed by atoms with Gasteiger partial charge in [-0.1, -0.05) is 6.07 Å². The highest BCUT2D eigenvalue weighted by Gasteiger charge is 2.15. The molecule has 0 aliphatic heterocycles. The van der Waals surface area contributed by atoms with Gasteiger partial charge in [0.25, 0.3) is 11.8 Å². The van der Waals surface area contributed by atoms with Gasteiger partial charge in [-0.3, -0.25) is 14.6 Å². The van der Waals surface area contributed by atoms with Gasteiger partial charge in [0, 0.05) is 29.3 Å². The maximum Gasteiger partial charge on any atom is 0.257 e. The number of aromatic nitrogens is 1. The molecule has 1 heterocycles. The first kappa shape index (κ1) is 21.2. The van der Waals surface area contributed by atoms with Crippen LogP contribution in [0.2, 0.25) is 0 Å². The second kappa shape index (κ2) is 8.44. The smallest absolute Gasteiger partial charge is 0.257 e. The number of nitrogens with zero attached hydrogens (tertiary/aromatic N) is 1. The molecule has 0 atom stereocenters. The topological polar surface area (TPSA) is 131 Å². The molecule has 2 amide bonds. The molecule has 2 aromatic carbocycles. The van der Waals surface area contributed by atoms with Gasteiger partial charge in [0.1, 0.15) is 0 Å². The lowest BCUT2D eigenvalue weighted by molar-refractivity contribution is 0.101. The third-order valence-electron chi connectivity index (χ3n) is 4.52. The fourth-order valence-corrected chi connectivity index (χ4v) is 3.38. The Morgan fingerprint density at radius 3 is 2.30 bits per heavy atom. The van der Waals surface area contributed by atoms with Crippen LogP contribution < -0.4 is 15.8 Å². The standard InChI is InChI=1S/C21H20N4O4S/c1-13-9-18(30(22,28)29)11-19(14(13)2)25-20(26)15-5-3-7-17(10-15)24-21(27)16-6-4-8-23-12-16/h3-12H,1-2H3,(H,24,27)(H,25,26)(H2,22,28,29). The predicted octanol–water partition coefficient (Wildman–Crippen LogP) is 2.85. The van der Waals surface area contributed by atoms with Crippen LogP contribution >= 0.6 is 0 Å². The predicted molar refractivity (Wildman–Crippen MR) is 114 cm³/mol. The first-order valence-electron chi connectivity index (χ1n) is 8.92. The van der Waals surface area contributed by atoms with Gasteiger partial charge in [-0.25, -0.2) is 13.6 Å². The maximum absolute atomic E-state index is 12.7. The Labute approximate surface area is 174 Å². The largest absolute Gasteiger partial charge is 0.322 e. The summed E-state index contributed by atoms with van der Waals surface area (Å²) in [4.78, 5) is 28.8. The van der Waals surface area contributed by atoms with Crippen LogP contribution in [-0.2, 0) is 10.0 Å². The Bertz CT molecular complexity index is 1230. The fraction of sp³-hybridized carbons (Fsp3) is 0.0952. The molecule has 3 aromatic rings. The lowest BCUT2D eigenvalue weighted by Gasteiger charge is -2.13. The first-order chi connectivity index (χ1) is 14.1. The molecule has 1 aromatic heterocycles. The minimum atomic E-state index is -3.92. The number of aryl methyl sites for hydroxylation is 1. The summed E-state index contributed by atoms with van der Waals surface area (Å²) < 4.78 is 23.4. The third kappa shape index (κ3) is 4.88. The fourth-order valence-electron chi connectivity index (χ4n) is 2.75. The van der Waals surface area contributed by atoms with E-state index >= 15 is 0 Å². The van der Waals surface area contributed by atoms with Crippen LogP contribution in [0.1, 0.15) is 31.8 Å². The summed E-state index contributed by atoms with van der Waals surface area (Å²) in [6.07, 6.45) is 3.01. The minimum absolute atomic E-state index is 0.0848. The van der Waals surface area contributed by atoms with Crippen LogP contribution in [0.15, 0.2) is 65.8 Å². The molecule has 0 aliphatic rings. The Balaban J connectivity index is 1.83. The minimum Gasteiger partial charge on any atom is -0.322 e. The highest BCUT2D eigenvalue weighted by atomic mass is 32.2. The van der Waals surface area contributed by atoms with Gasteiger partial charge in [-0.15, -0.1) is 0 Å². The molecule has 30 heavy (non-hydrogen) atoms. The SMILES string of the molecule is Cc1cc(S(N)(=O)=O)cc(NC(=O)c2cccc(NC(=O)c3cccnc3)c2)c1C. The Morgan fingerprint density at radius 2 is 1.63 bits per heavy atom. The number of sulfonamides is 1. The number of anilines is 2. The number of rotatable bonds is 5. The monoisotopic (exact) mass is 424 g/mol. The van der Waals surface area contributed by atoms with Gasteiger partial charge >= 0.3 is 0 Å². The molecular formula is C21H20N4O4S. The van der Waals surface area contributed by atoms with Crippen molar-refractivity contribution in [2.24, 2.45) is 5.14 Å². The average Bonchev–Trinajstić information content (AvgIpc) is 2.71. The van der Waals surface area contributed by atoms with E-state index < -0.39 is 15.9 Å². The molecule has 3 rings (SSSR count). The van der Waals surface area contributed by atoms with Gasteiger partial charge in [0.15, 0.2) is 0 Å². The molecule has 0 aliphatic carbocycles. The van der Waals surface area contributed by atoms with Crippen molar-refractivity contribution in [2.45, 2.75) is 18.7 Å². The number of pyridine rings is 1. The third-order valence-corrected chi connectivity index (χ3v) is 5.42. The zero-order valence-electron chi connectivity index (χ0n) is 16.3. The summed E-state index contributed by atoms with van der Waals surface area (Å²) in [7, 11) is -3.92. The number of primary sulfonamides is 1. The number of carbonyl (C=O) groups excluding carboxylic acids is 2. The van der Waals surface area contributed by atoms with Crippen LogP contribution in [0.4, 0.5) is 11.4 Å². The summed E-state index contributed by atoms with van der Waals surface area (Å²) in [6.45, 7) is 3.50. The van der Waals surface area contributed by atoms with Gasteiger partial charge in [-0.05, 0) is 67.4 Å². The van der Waals surface area contributed by atoms with E-state index in [4.69, 9.17) is 5.14 Å². The molecule has 0 saturated carbocycles. The highest BCUT2D eigenvalue weighted by Crippen LogP contribution is 2.24. The summed E-state index contributed by atoms with van der Waals surface area (Å²) in [5.41, 5.74) is 2.85. The Kier molecular flexibility index (Phi) is 5.95. The number of hydrogen-bond acceptors (Lipinski definition) is 5. The first-order valence-corrected chi connectivity index (χ1v) is 10.5. The van der Waals surface area contributed by atoms with E-state index in [1.807, 2.05) is 0 Å². The highest BCUT2D eigenvalue weighted by molar-refractivity contribution is 7.89. The molecule has 9 heteroatoms. The van der Waals surface area contributed by atoms with Crippen molar-refractivity contribution < 1.29 is 18.0 Å². The van der Waals surface area contributed by atoms with Crippen molar-refractivity contribution in [3.8, 4) is 0 Å². The van der Waals surface area contributed by atoms with E-state index in [-0.39, 0.29) is 16.4 Å². The number of nitrogens with two attached hydrogens (primary N) is 1. The van der Waals surface area contributed by atoms with Crippen molar-refractivity contribution >= 4 is 33.2 Å². The quantitative estimate of drug-likeness (QED) is 0.579. The molecule has 0 saturated heterocycles. The van der Waals surface area contributed by atoms with Gasteiger partial charge in [0.05, 0.1) is 10.5 Å². The zero-order chi connectivity index (χ0) is 21.9. The van der Waals surface area contributed by atoms with Gasteiger partial charge in [0.2, 0.25) is 10.0 Å². The van der Waals surface area contributed by atoms with Crippen molar-refractivity contribution in [1.29, 1.82) is 0 Å². The molecule has 0 unspecified atom stereocenters. The Hall–Kier alpha value is -3.56. The van der Waals surface area contributed by atoms with E-state index in [9.17, 15) is 18.0 Å². The molecule has 0 fully saturated rings. The van der Waals surface area contributed by atoms with E-state index in [1.54, 1.807) is 50.4 Å². The van der Waals surface area contributed by atoms with Crippen LogP contribution in [-0.4, -0.2) is 25.2 Å². The zero-order valence-corrected chi connectivity index (χ0v) is 17.2. The van der Waals surface area contributed by atoms with Crippen LogP contribution in [0.5, 0.6) is 0 Å². The van der Waals surface area contributed by atoms with Crippen LogP contribution in [0.3, 0.4) is 0 Å². The van der Waals surface area contributed by atoms with E-state index in [1.165, 1.54) is 24.4 Å². The van der Waals surface area contributed by atoms with Crippen molar-refractivity contribution in [3.05, 3.63) is 83.2 Å². The molecule has 0 spiro atoms. The lowest BCUT2D eigenvalue weighted by Crippen LogP contribution is -2.17. The van der Waals surface area contributed by atoms with Crippen LogP contribution in [0.25, 0.3) is 0 Å². The number of carbonyl (C=O) groups is 2. The second-order valence-electron chi connectivity index (χ2n) is 6.69. The summed E-state index contributed by atoms with van der Waals surface area (Å²) in [5.74, 6) is -0.811. The van der Waals surface area contributed by atoms with Gasteiger partial charge < -0.3 is 10.6 Å². The number of hydrogen-bond donors (Lipinski definition) is 3. The van der Waals surface area contributed by atoms with Crippen LogP contribution in [0, 0.1) is 13.8 Å². The molecule has 4 N–H and O–H groups in total. The van der Waals surface area contributed by atoms with Gasteiger partial charge in [-0.2, -0.15) is 0 Å². The summed E-state index contributed by atoms with van der Waals surface area (Å²) >= 11 is 0. The lowest BCUT2D eigenvalue weighted by atomic mass is 10.1. The maximum atomic E-state index is 12.7. The molecule has 0 radical (unpaired) electrons. The van der Waals surface area contributed by atoms with Crippen molar-refractivity contribution in [2.75, 3.05) is 10.6 Å². The second-order valence-corrected chi connectivity index (χ2v) is 8.25. The van der Waals surface area contributed by atoms with Crippen molar-refractivity contribution in [1.82, 2.24) is 4.98 Å². The summed E-state index contributed by atoms with van der Waals surface area (Å²) in [6, 6.07) is 12.4. The van der Waals surface area contributed by atoms with E-state index in [0.29, 0.717) is 22.5 Å². The molecule has 0 bridgehead atoms. The van der Waals surface area contributed by atoms with E-state index in [0.717, 1.165) is 5.56 Å². The molecule has 8 nitrogen and oxygen atoms in total. The van der Waals surface area contributed by atoms with E-state index in [2.05, 4.69) is 15.6 Å². The summed E-state index contributed by atoms with van der Waals surface area (Å²) in [5, 5.41) is 10.6. The average molecular weight is 424 g/mol. The number of nitrogens with one attached hydrogen (secondary N) is 2.